The number of carbonyl (C=O) groups excluding carboxylic acids is 1. The third-order valence-corrected chi connectivity index (χ3v) is 4.03. The third-order valence-electron chi connectivity index (χ3n) is 4.03. The molecular weight excluding hydrogens is 278 g/mol. The number of amides is 1. The van der Waals surface area contributed by atoms with E-state index in [9.17, 15) is 4.79 Å². The summed E-state index contributed by atoms with van der Waals surface area (Å²) in [5.74, 6) is 0.0477. The van der Waals surface area contributed by atoms with Crippen LogP contribution >= 0.6 is 0 Å². The first-order valence-corrected chi connectivity index (χ1v) is 7.89. The van der Waals surface area contributed by atoms with Crippen LogP contribution in [0, 0.1) is 6.92 Å². The standard InChI is InChI=1S/C17H27N3O2/c1-12-5-6-14(18-15-8-10-22-13(15)2)11-16(12)19-17(21)7-9-20(3)4/h5-6,11,13,15,18H,7-10H2,1-4H3,(H,19,21)/t13-,15+/m0/s1. The van der Waals surface area contributed by atoms with E-state index in [1.807, 2.05) is 38.1 Å². The fourth-order valence-corrected chi connectivity index (χ4v) is 2.52. The molecular formula is C17H27N3O2. The Morgan fingerprint density at radius 2 is 2.18 bits per heavy atom. The summed E-state index contributed by atoms with van der Waals surface area (Å²) < 4.78 is 5.57. The summed E-state index contributed by atoms with van der Waals surface area (Å²) >= 11 is 0. The van der Waals surface area contributed by atoms with Crippen molar-refractivity contribution in [3.8, 4) is 0 Å². The first kappa shape index (κ1) is 16.8. The minimum atomic E-state index is 0.0477. The second-order valence-corrected chi connectivity index (χ2v) is 6.25. The zero-order valence-electron chi connectivity index (χ0n) is 14.0. The number of hydrogen-bond donors (Lipinski definition) is 2. The minimum Gasteiger partial charge on any atom is -0.380 e. The van der Waals surface area contributed by atoms with Crippen LogP contribution in [0.5, 0.6) is 0 Å². The Morgan fingerprint density at radius 1 is 1.41 bits per heavy atom. The van der Waals surface area contributed by atoms with Gasteiger partial charge in [-0.1, -0.05) is 6.07 Å². The van der Waals surface area contributed by atoms with Crippen molar-refractivity contribution < 1.29 is 9.53 Å². The van der Waals surface area contributed by atoms with Crippen LogP contribution in [0.15, 0.2) is 18.2 Å². The van der Waals surface area contributed by atoms with Gasteiger partial charge in [-0.25, -0.2) is 0 Å². The summed E-state index contributed by atoms with van der Waals surface area (Å²) in [4.78, 5) is 14.0. The van der Waals surface area contributed by atoms with Gasteiger partial charge in [-0.05, 0) is 52.1 Å². The van der Waals surface area contributed by atoms with Gasteiger partial charge in [-0.15, -0.1) is 0 Å². The van der Waals surface area contributed by atoms with E-state index < -0.39 is 0 Å². The van der Waals surface area contributed by atoms with Gasteiger partial charge in [0.1, 0.15) is 0 Å². The van der Waals surface area contributed by atoms with Crippen molar-refractivity contribution in [2.24, 2.45) is 0 Å². The van der Waals surface area contributed by atoms with Gasteiger partial charge in [-0.3, -0.25) is 4.79 Å². The molecule has 1 amide bonds. The summed E-state index contributed by atoms with van der Waals surface area (Å²) in [6, 6.07) is 6.42. The van der Waals surface area contributed by atoms with Crippen LogP contribution in [0.25, 0.3) is 0 Å². The predicted molar refractivity (Wildman–Crippen MR) is 90.4 cm³/mol. The molecule has 0 unspecified atom stereocenters. The number of carbonyl (C=O) groups is 1. The number of anilines is 2. The van der Waals surface area contributed by atoms with Gasteiger partial charge >= 0.3 is 0 Å². The van der Waals surface area contributed by atoms with E-state index in [4.69, 9.17) is 4.74 Å². The molecule has 2 rings (SSSR count). The zero-order valence-corrected chi connectivity index (χ0v) is 14.0. The van der Waals surface area contributed by atoms with Crippen molar-refractivity contribution in [1.29, 1.82) is 0 Å². The molecule has 1 aliphatic heterocycles. The third kappa shape index (κ3) is 4.71. The molecule has 1 fully saturated rings. The van der Waals surface area contributed by atoms with Crippen molar-refractivity contribution in [1.82, 2.24) is 4.90 Å². The molecule has 0 spiro atoms. The van der Waals surface area contributed by atoms with Crippen LogP contribution in [-0.4, -0.2) is 50.2 Å². The van der Waals surface area contributed by atoms with E-state index in [-0.39, 0.29) is 12.0 Å². The van der Waals surface area contributed by atoms with Crippen molar-refractivity contribution in [3.05, 3.63) is 23.8 Å². The highest BCUT2D eigenvalue weighted by molar-refractivity contribution is 5.92. The van der Waals surface area contributed by atoms with E-state index in [0.29, 0.717) is 12.5 Å². The number of hydrogen-bond acceptors (Lipinski definition) is 4. The molecule has 0 aliphatic carbocycles. The monoisotopic (exact) mass is 305 g/mol. The maximum absolute atomic E-state index is 12.0. The first-order chi connectivity index (χ1) is 10.5. The molecule has 5 heteroatoms. The van der Waals surface area contributed by atoms with Crippen LogP contribution < -0.4 is 10.6 Å². The van der Waals surface area contributed by atoms with E-state index in [1.165, 1.54) is 0 Å². The molecule has 1 saturated heterocycles. The molecule has 1 heterocycles. The lowest BCUT2D eigenvalue weighted by Crippen LogP contribution is -2.26. The summed E-state index contributed by atoms with van der Waals surface area (Å²) in [6.45, 7) is 5.65. The molecule has 0 aromatic heterocycles. The van der Waals surface area contributed by atoms with Crippen LogP contribution in [-0.2, 0) is 9.53 Å². The lowest BCUT2D eigenvalue weighted by Gasteiger charge is -2.19. The Labute approximate surface area is 133 Å². The molecule has 1 aromatic rings. The smallest absolute Gasteiger partial charge is 0.225 e. The summed E-state index contributed by atoms with van der Waals surface area (Å²) in [5, 5.41) is 6.50. The molecule has 1 aliphatic rings. The average Bonchev–Trinajstić information content (AvgIpc) is 2.86. The molecule has 22 heavy (non-hydrogen) atoms. The summed E-state index contributed by atoms with van der Waals surface area (Å²) in [5.41, 5.74) is 2.97. The van der Waals surface area contributed by atoms with Gasteiger partial charge in [0, 0.05) is 30.9 Å². The molecule has 2 N–H and O–H groups in total. The topological polar surface area (TPSA) is 53.6 Å². The quantitative estimate of drug-likeness (QED) is 0.848. The molecule has 0 saturated carbocycles. The van der Waals surface area contributed by atoms with E-state index in [0.717, 1.165) is 36.5 Å². The predicted octanol–water partition coefficient (Wildman–Crippen LogP) is 2.47. The fourth-order valence-electron chi connectivity index (χ4n) is 2.52. The van der Waals surface area contributed by atoms with Crippen LogP contribution in [0.3, 0.4) is 0 Å². The van der Waals surface area contributed by atoms with E-state index in [2.05, 4.69) is 23.6 Å². The van der Waals surface area contributed by atoms with Gasteiger partial charge < -0.3 is 20.3 Å². The fraction of sp³-hybridized carbons (Fsp3) is 0.588. The molecule has 1 aromatic carbocycles. The zero-order chi connectivity index (χ0) is 16.1. The highest BCUT2D eigenvalue weighted by Crippen LogP contribution is 2.24. The van der Waals surface area contributed by atoms with Crippen LogP contribution in [0.1, 0.15) is 25.3 Å². The van der Waals surface area contributed by atoms with Crippen LogP contribution in [0.4, 0.5) is 11.4 Å². The maximum Gasteiger partial charge on any atom is 0.225 e. The van der Waals surface area contributed by atoms with Crippen molar-refractivity contribution in [3.63, 3.8) is 0 Å². The Morgan fingerprint density at radius 3 is 2.82 bits per heavy atom. The molecule has 0 bridgehead atoms. The maximum atomic E-state index is 12.0. The number of aryl methyl sites for hydroxylation is 1. The lowest BCUT2D eigenvalue weighted by molar-refractivity contribution is -0.116. The van der Waals surface area contributed by atoms with Gasteiger partial charge in [-0.2, -0.15) is 0 Å². The summed E-state index contributed by atoms with van der Waals surface area (Å²) in [6.07, 6.45) is 1.73. The molecule has 5 nitrogen and oxygen atoms in total. The minimum absolute atomic E-state index is 0.0477. The van der Waals surface area contributed by atoms with Gasteiger partial charge in [0.15, 0.2) is 0 Å². The van der Waals surface area contributed by atoms with Gasteiger partial charge in [0.2, 0.25) is 5.91 Å². The Kier molecular flexibility index (Phi) is 5.80. The Balaban J connectivity index is 1.98. The van der Waals surface area contributed by atoms with Crippen LogP contribution in [0.2, 0.25) is 0 Å². The number of benzene rings is 1. The Bertz CT molecular complexity index is 517. The normalized spacial score (nSPS) is 21.1. The molecule has 0 radical (unpaired) electrons. The Hall–Kier alpha value is -1.59. The van der Waals surface area contributed by atoms with Crippen molar-refractivity contribution in [2.45, 2.75) is 38.8 Å². The second kappa shape index (κ2) is 7.61. The van der Waals surface area contributed by atoms with Crippen molar-refractivity contribution >= 4 is 17.3 Å². The van der Waals surface area contributed by atoms with Gasteiger partial charge in [0.25, 0.3) is 0 Å². The van der Waals surface area contributed by atoms with E-state index in [1.54, 1.807) is 0 Å². The molecule has 122 valence electrons. The van der Waals surface area contributed by atoms with Crippen molar-refractivity contribution in [2.75, 3.05) is 37.9 Å². The lowest BCUT2D eigenvalue weighted by atomic mass is 10.1. The highest BCUT2D eigenvalue weighted by atomic mass is 16.5. The number of rotatable bonds is 6. The molecule has 2 atom stereocenters. The highest BCUT2D eigenvalue weighted by Gasteiger charge is 2.23. The number of nitrogens with zero attached hydrogens (tertiary/aromatic N) is 1. The first-order valence-electron chi connectivity index (χ1n) is 7.89. The SMILES string of the molecule is Cc1ccc(N[C@@H]2CCO[C@H]2C)cc1NC(=O)CCN(C)C. The average molecular weight is 305 g/mol. The number of ether oxygens (including phenoxy) is 1. The number of nitrogens with one attached hydrogen (secondary N) is 2. The second-order valence-electron chi connectivity index (χ2n) is 6.25. The summed E-state index contributed by atoms with van der Waals surface area (Å²) in [7, 11) is 3.93. The largest absolute Gasteiger partial charge is 0.380 e. The van der Waals surface area contributed by atoms with E-state index >= 15 is 0 Å². The van der Waals surface area contributed by atoms with Gasteiger partial charge in [0.05, 0.1) is 12.1 Å².